The van der Waals surface area contributed by atoms with Crippen LogP contribution < -0.4 is 5.73 Å². The second-order valence-electron chi connectivity index (χ2n) is 11.4. The van der Waals surface area contributed by atoms with Gasteiger partial charge >= 0.3 is 13.8 Å². The quantitative estimate of drug-likeness (QED) is 0.0314. The van der Waals surface area contributed by atoms with Gasteiger partial charge in [-0.3, -0.25) is 13.8 Å². The van der Waals surface area contributed by atoms with Crippen molar-refractivity contribution in [1.29, 1.82) is 0 Å². The van der Waals surface area contributed by atoms with Crippen molar-refractivity contribution in [3.05, 3.63) is 36.5 Å². The van der Waals surface area contributed by atoms with E-state index in [2.05, 4.69) is 50.3 Å². The molecule has 0 aliphatic rings. The van der Waals surface area contributed by atoms with Crippen molar-refractivity contribution < 1.29 is 32.8 Å². The number of nitrogens with two attached hydrogens (primary N) is 1. The molecule has 0 aliphatic carbocycles. The highest BCUT2D eigenvalue weighted by atomic mass is 31.2. The van der Waals surface area contributed by atoms with Gasteiger partial charge in [-0.25, -0.2) is 4.57 Å². The lowest BCUT2D eigenvalue weighted by Gasteiger charge is -2.20. The van der Waals surface area contributed by atoms with Crippen LogP contribution in [0.1, 0.15) is 142 Å². The summed E-state index contributed by atoms with van der Waals surface area (Å²) >= 11 is 0. The fourth-order valence-electron chi connectivity index (χ4n) is 4.54. The molecule has 0 aromatic carbocycles. The van der Waals surface area contributed by atoms with E-state index in [1.165, 1.54) is 51.4 Å². The summed E-state index contributed by atoms with van der Waals surface area (Å²) < 4.78 is 33.2. The lowest BCUT2D eigenvalue weighted by Crippen LogP contribution is -2.28. The van der Waals surface area contributed by atoms with Crippen molar-refractivity contribution >= 4 is 13.8 Å². The third-order valence-corrected chi connectivity index (χ3v) is 8.06. The van der Waals surface area contributed by atoms with E-state index in [1.54, 1.807) is 0 Å². The molecule has 0 rings (SSSR count). The molecule has 0 radical (unpaired) electrons. The van der Waals surface area contributed by atoms with Crippen LogP contribution in [0.4, 0.5) is 0 Å². The molecule has 0 spiro atoms. The van der Waals surface area contributed by atoms with Crippen molar-refractivity contribution in [3.63, 3.8) is 0 Å². The van der Waals surface area contributed by atoms with Gasteiger partial charge in [0, 0.05) is 19.6 Å². The van der Waals surface area contributed by atoms with Crippen LogP contribution in [0.25, 0.3) is 0 Å². The van der Waals surface area contributed by atoms with Gasteiger partial charge in [-0.2, -0.15) is 0 Å². The van der Waals surface area contributed by atoms with Crippen LogP contribution in [0.15, 0.2) is 36.5 Å². The van der Waals surface area contributed by atoms with Crippen molar-refractivity contribution in [2.75, 3.05) is 33.0 Å². The molecule has 2 unspecified atom stereocenters. The van der Waals surface area contributed by atoms with Crippen LogP contribution in [0, 0.1) is 0 Å². The third kappa shape index (κ3) is 32.1. The minimum atomic E-state index is -4.27. The molecule has 0 heterocycles. The van der Waals surface area contributed by atoms with Crippen LogP contribution in [0.2, 0.25) is 0 Å². The first kappa shape index (κ1) is 42.7. The molecule has 0 aliphatic heterocycles. The maximum Gasteiger partial charge on any atom is 0.472 e. The predicted octanol–water partition coefficient (Wildman–Crippen LogP) is 9.52. The Labute approximate surface area is 269 Å². The molecule has 0 saturated heterocycles. The van der Waals surface area contributed by atoms with Crippen LogP contribution >= 0.6 is 7.82 Å². The molecule has 0 fully saturated rings. The lowest BCUT2D eigenvalue weighted by molar-refractivity contribution is -0.154. The summed E-state index contributed by atoms with van der Waals surface area (Å²) in [6.45, 7) is 4.73. The number of ether oxygens (including phenoxy) is 2. The van der Waals surface area contributed by atoms with Crippen molar-refractivity contribution in [1.82, 2.24) is 0 Å². The molecule has 2 atom stereocenters. The molecule has 0 aromatic rings. The monoisotopic (exact) mass is 643 g/mol. The van der Waals surface area contributed by atoms with E-state index in [1.807, 2.05) is 0 Å². The summed E-state index contributed by atoms with van der Waals surface area (Å²) in [5.41, 5.74) is 5.34. The Bertz CT molecular complexity index is 772. The second kappa shape index (κ2) is 33.1. The van der Waals surface area contributed by atoms with Crippen LogP contribution in [0.5, 0.6) is 0 Å². The summed E-state index contributed by atoms with van der Waals surface area (Å²) in [5.74, 6) is -0.342. The molecule has 0 amide bonds. The van der Waals surface area contributed by atoms with Crippen LogP contribution in [-0.4, -0.2) is 49.9 Å². The summed E-state index contributed by atoms with van der Waals surface area (Å²) in [7, 11) is -4.27. The first-order chi connectivity index (χ1) is 21.4. The maximum absolute atomic E-state index is 12.5. The molecule has 0 aromatic heterocycles. The van der Waals surface area contributed by atoms with Gasteiger partial charge in [0.05, 0.1) is 19.8 Å². The Morgan fingerprint density at radius 2 is 1.27 bits per heavy atom. The Hall–Kier alpha value is -1.28. The Morgan fingerprint density at radius 3 is 1.91 bits per heavy atom. The molecule has 9 heteroatoms. The number of carbonyl (C=O) groups is 1. The lowest BCUT2D eigenvalue weighted by atomic mass is 10.1. The first-order valence-corrected chi connectivity index (χ1v) is 19.0. The highest BCUT2D eigenvalue weighted by molar-refractivity contribution is 7.47. The number of carbonyl (C=O) groups excluding carboxylic acids is 1. The number of phosphoric acid groups is 1. The van der Waals surface area contributed by atoms with Gasteiger partial charge in [-0.1, -0.05) is 127 Å². The number of hydrogen-bond donors (Lipinski definition) is 2. The molecule has 258 valence electrons. The Kier molecular flexibility index (Phi) is 32.1. The predicted molar refractivity (Wildman–Crippen MR) is 183 cm³/mol. The number of esters is 1. The number of hydrogen-bond acceptors (Lipinski definition) is 7. The van der Waals surface area contributed by atoms with Crippen molar-refractivity contribution in [2.45, 2.75) is 148 Å². The van der Waals surface area contributed by atoms with E-state index < -0.39 is 13.9 Å². The van der Waals surface area contributed by atoms with Gasteiger partial charge in [0.25, 0.3) is 0 Å². The minimum absolute atomic E-state index is 0.0965. The fourth-order valence-corrected chi connectivity index (χ4v) is 5.30. The highest BCUT2D eigenvalue weighted by Gasteiger charge is 2.25. The number of phosphoric ester groups is 1. The topological polar surface area (TPSA) is 117 Å². The van der Waals surface area contributed by atoms with E-state index >= 15 is 0 Å². The summed E-state index contributed by atoms with van der Waals surface area (Å²) in [6.07, 6.45) is 34.4. The zero-order valence-electron chi connectivity index (χ0n) is 28.1. The number of allylic oxidation sites excluding steroid dienone is 6. The fraction of sp³-hybridized carbons (Fsp3) is 0.800. The zero-order chi connectivity index (χ0) is 32.4. The van der Waals surface area contributed by atoms with E-state index in [4.69, 9.17) is 24.3 Å². The van der Waals surface area contributed by atoms with Gasteiger partial charge in [0.1, 0.15) is 6.10 Å². The SMILES string of the molecule is CC/C=C\C/C=C\C/C=C\CCCCCCOCC(COP(=O)(O)OCCN)OC(=O)CCCCCCCCCCCCC. The van der Waals surface area contributed by atoms with Gasteiger partial charge in [-0.15, -0.1) is 0 Å². The molecule has 44 heavy (non-hydrogen) atoms. The second-order valence-corrected chi connectivity index (χ2v) is 12.8. The van der Waals surface area contributed by atoms with Crippen LogP contribution in [0.3, 0.4) is 0 Å². The minimum Gasteiger partial charge on any atom is -0.457 e. The average molecular weight is 644 g/mol. The normalized spacial score (nSPS) is 14.2. The van der Waals surface area contributed by atoms with Crippen molar-refractivity contribution in [3.8, 4) is 0 Å². The Morgan fingerprint density at radius 1 is 0.705 bits per heavy atom. The van der Waals surface area contributed by atoms with E-state index in [9.17, 15) is 14.3 Å². The first-order valence-electron chi connectivity index (χ1n) is 17.5. The van der Waals surface area contributed by atoms with Gasteiger partial charge in [-0.05, 0) is 44.9 Å². The maximum atomic E-state index is 12.5. The molecular weight excluding hydrogens is 577 g/mol. The average Bonchev–Trinajstić information content (AvgIpc) is 3.01. The molecule has 3 N–H and O–H groups in total. The summed E-state index contributed by atoms with van der Waals surface area (Å²) in [4.78, 5) is 22.3. The van der Waals surface area contributed by atoms with E-state index in [0.29, 0.717) is 13.0 Å². The van der Waals surface area contributed by atoms with Gasteiger partial charge < -0.3 is 20.1 Å². The smallest absolute Gasteiger partial charge is 0.457 e. The number of rotatable bonds is 33. The molecule has 0 bridgehead atoms. The van der Waals surface area contributed by atoms with E-state index in [0.717, 1.165) is 70.6 Å². The zero-order valence-corrected chi connectivity index (χ0v) is 29.0. The van der Waals surface area contributed by atoms with Crippen LogP contribution in [-0.2, 0) is 27.9 Å². The Balaban J connectivity index is 4.17. The van der Waals surface area contributed by atoms with Crippen molar-refractivity contribution in [2.24, 2.45) is 5.73 Å². The third-order valence-electron chi connectivity index (χ3n) is 7.07. The van der Waals surface area contributed by atoms with Gasteiger partial charge in [0.2, 0.25) is 0 Å². The summed E-state index contributed by atoms with van der Waals surface area (Å²) in [6, 6.07) is 0. The number of unbranched alkanes of at least 4 members (excludes halogenated alkanes) is 14. The molecular formula is C35H66NO7P. The van der Waals surface area contributed by atoms with E-state index in [-0.39, 0.29) is 32.3 Å². The highest BCUT2D eigenvalue weighted by Crippen LogP contribution is 2.43. The molecule has 8 nitrogen and oxygen atoms in total. The van der Waals surface area contributed by atoms with Gasteiger partial charge in [0.15, 0.2) is 0 Å². The largest absolute Gasteiger partial charge is 0.472 e. The standard InChI is InChI=1S/C35H66NO7P/c1-3-5-7-9-11-13-15-16-17-19-21-23-25-27-30-40-32-34(33-42-44(38,39)41-31-29-36)43-35(37)28-26-24-22-20-18-14-12-10-8-6-4-2/h5,7,11,13,16-17,34H,3-4,6,8-10,12,14-15,18-33,36H2,1-2H3,(H,38,39)/b7-5-,13-11-,17-16-. The summed E-state index contributed by atoms with van der Waals surface area (Å²) in [5, 5.41) is 0. The molecule has 0 saturated carbocycles.